The molecule has 0 aliphatic heterocycles. The smallest absolute Gasteiger partial charge is 0.242 e. The number of nitrogens with zero attached hydrogens (tertiary/aromatic N) is 1. The molecule has 6 nitrogen and oxygen atoms in total. The lowest BCUT2D eigenvalue weighted by Gasteiger charge is -2.12. The number of methoxy groups -OCH3 is 1. The van der Waals surface area contributed by atoms with Crippen molar-refractivity contribution in [2.45, 2.75) is 37.9 Å². The van der Waals surface area contributed by atoms with Crippen molar-refractivity contribution >= 4 is 10.0 Å². The minimum atomic E-state index is -3.49. The summed E-state index contributed by atoms with van der Waals surface area (Å²) in [6.45, 7) is 5.47. The maximum atomic E-state index is 12.2. The van der Waals surface area contributed by atoms with E-state index in [1.54, 1.807) is 26.3 Å². The van der Waals surface area contributed by atoms with Gasteiger partial charge in [0, 0.05) is 38.1 Å². The maximum absolute atomic E-state index is 12.2. The molecule has 1 heterocycles. The van der Waals surface area contributed by atoms with E-state index in [-0.39, 0.29) is 6.04 Å². The van der Waals surface area contributed by atoms with Crippen molar-refractivity contribution in [2.75, 3.05) is 20.8 Å². The van der Waals surface area contributed by atoms with Crippen molar-refractivity contribution in [3.63, 3.8) is 0 Å². The van der Waals surface area contributed by atoms with Gasteiger partial charge in [-0.15, -0.1) is 0 Å². The van der Waals surface area contributed by atoms with Crippen LogP contribution in [0.5, 0.6) is 0 Å². The second kappa shape index (κ2) is 7.04. The van der Waals surface area contributed by atoms with E-state index in [0.717, 1.165) is 12.2 Å². The third-order valence-electron chi connectivity index (χ3n) is 2.74. The number of aryl methyl sites for hydroxylation is 1. The van der Waals surface area contributed by atoms with Crippen LogP contribution in [0.1, 0.15) is 19.5 Å². The van der Waals surface area contributed by atoms with Gasteiger partial charge in [0.05, 0.1) is 11.5 Å². The normalized spacial score (nSPS) is 13.7. The zero-order valence-electron chi connectivity index (χ0n) is 11.9. The molecule has 0 aliphatic carbocycles. The van der Waals surface area contributed by atoms with Crippen molar-refractivity contribution < 1.29 is 13.2 Å². The van der Waals surface area contributed by atoms with E-state index in [2.05, 4.69) is 10.0 Å². The van der Waals surface area contributed by atoms with Gasteiger partial charge in [-0.3, -0.25) is 0 Å². The Kier molecular flexibility index (Phi) is 5.99. The van der Waals surface area contributed by atoms with E-state index in [1.807, 2.05) is 18.5 Å². The molecule has 1 aromatic heterocycles. The van der Waals surface area contributed by atoms with Gasteiger partial charge in [0.15, 0.2) is 0 Å². The molecule has 1 aromatic rings. The van der Waals surface area contributed by atoms with E-state index >= 15 is 0 Å². The zero-order valence-corrected chi connectivity index (χ0v) is 12.8. The van der Waals surface area contributed by atoms with Gasteiger partial charge in [-0.25, -0.2) is 13.1 Å². The van der Waals surface area contributed by atoms with Crippen LogP contribution in [0.15, 0.2) is 17.2 Å². The Labute approximate surface area is 115 Å². The summed E-state index contributed by atoms with van der Waals surface area (Å²) in [5, 5.41) is 3.03. The Hall–Kier alpha value is -0.890. The topological polar surface area (TPSA) is 72.4 Å². The molecule has 0 spiro atoms. The predicted molar refractivity (Wildman–Crippen MR) is 74.5 cm³/mol. The Bertz CT molecular complexity index is 496. The first-order valence-electron chi connectivity index (χ1n) is 6.29. The quantitative estimate of drug-likeness (QED) is 0.733. The lowest BCUT2D eigenvalue weighted by Crippen LogP contribution is -2.35. The van der Waals surface area contributed by atoms with Gasteiger partial charge in [-0.2, -0.15) is 0 Å². The van der Waals surface area contributed by atoms with E-state index in [9.17, 15) is 8.42 Å². The first kappa shape index (κ1) is 16.2. The molecule has 1 rings (SSSR count). The minimum absolute atomic E-state index is 0.257. The van der Waals surface area contributed by atoms with E-state index < -0.39 is 10.0 Å². The van der Waals surface area contributed by atoms with E-state index in [0.29, 0.717) is 18.0 Å². The van der Waals surface area contributed by atoms with Gasteiger partial charge < -0.3 is 14.6 Å². The molecule has 0 bridgehead atoms. The summed E-state index contributed by atoms with van der Waals surface area (Å²) < 4.78 is 33.9. The molecule has 110 valence electrons. The number of hydrogen-bond donors (Lipinski definition) is 2. The maximum Gasteiger partial charge on any atom is 0.242 e. The van der Waals surface area contributed by atoms with Gasteiger partial charge in [0.1, 0.15) is 0 Å². The van der Waals surface area contributed by atoms with Crippen molar-refractivity contribution in [1.29, 1.82) is 0 Å². The highest BCUT2D eigenvalue weighted by atomic mass is 32.2. The fourth-order valence-corrected chi connectivity index (χ4v) is 3.20. The van der Waals surface area contributed by atoms with Crippen molar-refractivity contribution in [1.82, 2.24) is 14.6 Å². The van der Waals surface area contributed by atoms with Crippen LogP contribution in [-0.4, -0.2) is 39.8 Å². The third-order valence-corrected chi connectivity index (χ3v) is 4.30. The van der Waals surface area contributed by atoms with Gasteiger partial charge in [-0.1, -0.05) is 0 Å². The average Bonchev–Trinajstić information content (AvgIpc) is 2.73. The van der Waals surface area contributed by atoms with Crippen molar-refractivity contribution in [3.8, 4) is 0 Å². The molecule has 1 unspecified atom stereocenters. The SMILES string of the molecule is CCn1cc(S(=O)(=O)NC(C)COC)cc1CNC. The minimum Gasteiger partial charge on any atom is -0.383 e. The monoisotopic (exact) mass is 289 g/mol. The van der Waals surface area contributed by atoms with Gasteiger partial charge in [-0.05, 0) is 27.0 Å². The lowest BCUT2D eigenvalue weighted by molar-refractivity contribution is 0.180. The fourth-order valence-electron chi connectivity index (χ4n) is 1.91. The number of sulfonamides is 1. The van der Waals surface area contributed by atoms with Crippen LogP contribution < -0.4 is 10.0 Å². The summed E-state index contributed by atoms with van der Waals surface area (Å²) in [4.78, 5) is 0.294. The molecule has 0 saturated heterocycles. The molecular weight excluding hydrogens is 266 g/mol. The highest BCUT2D eigenvalue weighted by Gasteiger charge is 2.20. The summed E-state index contributed by atoms with van der Waals surface area (Å²) in [7, 11) is -0.112. The summed E-state index contributed by atoms with van der Waals surface area (Å²) in [5.74, 6) is 0. The van der Waals surface area contributed by atoms with Crippen LogP contribution >= 0.6 is 0 Å². The molecule has 19 heavy (non-hydrogen) atoms. The largest absolute Gasteiger partial charge is 0.383 e. The number of hydrogen-bond acceptors (Lipinski definition) is 4. The molecule has 0 fully saturated rings. The van der Waals surface area contributed by atoms with Crippen LogP contribution in [0, 0.1) is 0 Å². The number of nitrogens with one attached hydrogen (secondary N) is 2. The first-order valence-corrected chi connectivity index (χ1v) is 7.77. The predicted octanol–water partition coefficient (Wildman–Crippen LogP) is 0.541. The Morgan fingerprint density at radius 2 is 2.16 bits per heavy atom. The molecule has 0 saturated carbocycles. The standard InChI is InChI=1S/C12H23N3O3S/c1-5-15-8-12(6-11(15)7-13-3)19(16,17)14-10(2)9-18-4/h6,8,10,13-14H,5,7,9H2,1-4H3. The molecule has 0 aliphatic rings. The second-order valence-corrected chi connectivity index (χ2v) is 6.18. The number of aromatic nitrogens is 1. The highest BCUT2D eigenvalue weighted by molar-refractivity contribution is 7.89. The van der Waals surface area contributed by atoms with E-state index in [4.69, 9.17) is 4.74 Å². The molecule has 2 N–H and O–H groups in total. The fraction of sp³-hybridized carbons (Fsp3) is 0.667. The molecule has 0 amide bonds. The molecule has 7 heteroatoms. The van der Waals surface area contributed by atoms with Crippen molar-refractivity contribution in [2.24, 2.45) is 0 Å². The van der Waals surface area contributed by atoms with Crippen LogP contribution in [0.2, 0.25) is 0 Å². The Morgan fingerprint density at radius 1 is 1.47 bits per heavy atom. The van der Waals surface area contributed by atoms with Crippen LogP contribution in [0.4, 0.5) is 0 Å². The van der Waals surface area contributed by atoms with E-state index in [1.165, 1.54) is 0 Å². The molecule has 0 aromatic carbocycles. The highest BCUT2D eigenvalue weighted by Crippen LogP contribution is 2.15. The summed E-state index contributed by atoms with van der Waals surface area (Å²) in [5.41, 5.74) is 0.949. The van der Waals surface area contributed by atoms with Gasteiger partial charge in [0.25, 0.3) is 0 Å². The number of ether oxygens (including phenoxy) is 1. The Morgan fingerprint density at radius 3 is 2.68 bits per heavy atom. The summed E-state index contributed by atoms with van der Waals surface area (Å²) in [6.07, 6.45) is 1.66. The number of rotatable bonds is 8. The summed E-state index contributed by atoms with van der Waals surface area (Å²) in [6, 6.07) is 1.44. The molecule has 1 atom stereocenters. The first-order chi connectivity index (χ1) is 8.94. The molecule has 0 radical (unpaired) electrons. The zero-order chi connectivity index (χ0) is 14.5. The van der Waals surface area contributed by atoms with Crippen LogP contribution in [0.25, 0.3) is 0 Å². The van der Waals surface area contributed by atoms with Gasteiger partial charge in [0.2, 0.25) is 10.0 Å². The van der Waals surface area contributed by atoms with Gasteiger partial charge >= 0.3 is 0 Å². The molecular formula is C12H23N3O3S. The average molecular weight is 289 g/mol. The third kappa shape index (κ3) is 4.31. The Balaban J connectivity index is 2.95. The summed E-state index contributed by atoms with van der Waals surface area (Å²) >= 11 is 0. The van der Waals surface area contributed by atoms with Crippen molar-refractivity contribution in [3.05, 3.63) is 18.0 Å². The van der Waals surface area contributed by atoms with Crippen LogP contribution in [-0.2, 0) is 27.8 Å². The lowest BCUT2D eigenvalue weighted by atomic mass is 10.4. The second-order valence-electron chi connectivity index (χ2n) is 4.46. The van der Waals surface area contributed by atoms with Crippen LogP contribution in [0.3, 0.4) is 0 Å².